The van der Waals surface area contributed by atoms with Crippen molar-refractivity contribution in [3.05, 3.63) is 0 Å². The van der Waals surface area contributed by atoms with Crippen molar-refractivity contribution in [2.75, 3.05) is 11.5 Å². The number of hydrogen-bond donors (Lipinski definition) is 0. The lowest BCUT2D eigenvalue weighted by molar-refractivity contribution is -0.135. The van der Waals surface area contributed by atoms with Gasteiger partial charge in [-0.05, 0) is 26.2 Å². The minimum absolute atomic E-state index is 0.101. The van der Waals surface area contributed by atoms with Crippen LogP contribution in [0, 0.1) is 0 Å². The average Bonchev–Trinajstić information content (AvgIpc) is 2.71. The van der Waals surface area contributed by atoms with E-state index in [1.54, 1.807) is 11.8 Å². The SMILES string of the molecule is CC(Cl)C(=O)N(C1CCCCC1)C1CCS(=O)(=O)C1. The summed E-state index contributed by atoms with van der Waals surface area (Å²) in [6.45, 7) is 1.67. The Bertz CT molecular complexity index is 429. The largest absolute Gasteiger partial charge is 0.334 e. The molecule has 2 atom stereocenters. The van der Waals surface area contributed by atoms with Crippen molar-refractivity contribution >= 4 is 27.3 Å². The Hall–Kier alpha value is -0.290. The molecule has 1 aliphatic heterocycles. The standard InChI is InChI=1S/C13H22ClNO3S/c1-10(14)13(16)15(11-5-3-2-4-6-11)12-7-8-19(17,18)9-12/h10-12H,2-9H2,1H3. The summed E-state index contributed by atoms with van der Waals surface area (Å²) in [6, 6.07) is 0.0162. The number of carbonyl (C=O) groups excluding carboxylic acids is 1. The van der Waals surface area contributed by atoms with Gasteiger partial charge in [-0.3, -0.25) is 4.79 Å². The van der Waals surface area contributed by atoms with Gasteiger partial charge in [0.1, 0.15) is 5.38 Å². The first-order valence-corrected chi connectivity index (χ1v) is 9.33. The summed E-state index contributed by atoms with van der Waals surface area (Å²) < 4.78 is 23.3. The Kier molecular flexibility index (Phi) is 4.77. The third-order valence-electron chi connectivity index (χ3n) is 4.16. The van der Waals surface area contributed by atoms with Crippen molar-refractivity contribution in [3.63, 3.8) is 0 Å². The minimum Gasteiger partial charge on any atom is -0.334 e. The van der Waals surface area contributed by atoms with Gasteiger partial charge in [0.25, 0.3) is 0 Å². The maximum absolute atomic E-state index is 12.3. The van der Waals surface area contributed by atoms with E-state index in [9.17, 15) is 13.2 Å². The molecule has 1 saturated carbocycles. The molecule has 0 N–H and O–H groups in total. The summed E-state index contributed by atoms with van der Waals surface area (Å²) in [5, 5.41) is -0.578. The summed E-state index contributed by atoms with van der Waals surface area (Å²) in [4.78, 5) is 14.1. The third kappa shape index (κ3) is 3.63. The van der Waals surface area contributed by atoms with Gasteiger partial charge in [-0.15, -0.1) is 11.6 Å². The number of hydrogen-bond acceptors (Lipinski definition) is 3. The second kappa shape index (κ2) is 6.00. The summed E-state index contributed by atoms with van der Waals surface area (Å²) in [5.74, 6) is 0.208. The van der Waals surface area contributed by atoms with Crippen molar-refractivity contribution in [1.82, 2.24) is 4.90 Å². The predicted octanol–water partition coefficient (Wildman–Crippen LogP) is 1.96. The first-order valence-electron chi connectivity index (χ1n) is 7.07. The summed E-state index contributed by atoms with van der Waals surface area (Å²) in [6.07, 6.45) is 5.96. The van der Waals surface area contributed by atoms with Gasteiger partial charge in [-0.25, -0.2) is 8.42 Å². The normalized spacial score (nSPS) is 29.1. The molecule has 4 nitrogen and oxygen atoms in total. The first kappa shape index (κ1) is 15.1. The predicted molar refractivity (Wildman–Crippen MR) is 76.1 cm³/mol. The lowest BCUT2D eigenvalue weighted by Gasteiger charge is -2.39. The Morgan fingerprint density at radius 2 is 1.79 bits per heavy atom. The molecule has 0 radical (unpaired) electrons. The topological polar surface area (TPSA) is 54.5 Å². The molecule has 6 heteroatoms. The fourth-order valence-corrected chi connectivity index (χ4v) is 5.04. The van der Waals surface area contributed by atoms with Gasteiger partial charge in [0.2, 0.25) is 5.91 Å². The van der Waals surface area contributed by atoms with Gasteiger partial charge in [0.05, 0.1) is 11.5 Å². The quantitative estimate of drug-likeness (QED) is 0.749. The molecule has 110 valence electrons. The molecule has 2 fully saturated rings. The molecule has 0 bridgehead atoms. The van der Waals surface area contributed by atoms with E-state index < -0.39 is 15.2 Å². The lowest BCUT2D eigenvalue weighted by atomic mass is 9.92. The van der Waals surface area contributed by atoms with Crippen molar-refractivity contribution < 1.29 is 13.2 Å². The van der Waals surface area contributed by atoms with E-state index in [1.807, 2.05) is 0 Å². The Morgan fingerprint density at radius 3 is 2.26 bits per heavy atom. The molecule has 2 unspecified atom stereocenters. The number of halogens is 1. The average molecular weight is 308 g/mol. The van der Waals surface area contributed by atoms with E-state index in [1.165, 1.54) is 6.42 Å². The van der Waals surface area contributed by atoms with Crippen molar-refractivity contribution in [2.45, 2.75) is 62.9 Å². The molecule has 0 aromatic rings. The number of amides is 1. The van der Waals surface area contributed by atoms with Crippen LogP contribution in [0.2, 0.25) is 0 Å². The van der Waals surface area contributed by atoms with Crippen LogP contribution in [0.25, 0.3) is 0 Å². The van der Waals surface area contributed by atoms with Gasteiger partial charge in [0, 0.05) is 12.1 Å². The van der Waals surface area contributed by atoms with Crippen LogP contribution in [0.4, 0.5) is 0 Å². The highest BCUT2D eigenvalue weighted by atomic mass is 35.5. The van der Waals surface area contributed by atoms with Crippen LogP contribution >= 0.6 is 11.6 Å². The van der Waals surface area contributed by atoms with Crippen LogP contribution in [0.1, 0.15) is 45.4 Å². The van der Waals surface area contributed by atoms with Gasteiger partial charge >= 0.3 is 0 Å². The smallest absolute Gasteiger partial charge is 0.240 e. The highest BCUT2D eigenvalue weighted by Crippen LogP contribution is 2.29. The monoisotopic (exact) mass is 307 g/mol. The zero-order valence-corrected chi connectivity index (χ0v) is 12.9. The van der Waals surface area contributed by atoms with Gasteiger partial charge in [-0.1, -0.05) is 19.3 Å². The molecule has 1 amide bonds. The molecular weight excluding hydrogens is 286 g/mol. The van der Waals surface area contributed by atoms with E-state index in [0.717, 1.165) is 25.7 Å². The van der Waals surface area contributed by atoms with Crippen LogP contribution in [-0.4, -0.2) is 48.2 Å². The highest BCUT2D eigenvalue weighted by molar-refractivity contribution is 7.91. The van der Waals surface area contributed by atoms with Crippen molar-refractivity contribution in [3.8, 4) is 0 Å². The van der Waals surface area contributed by atoms with E-state index in [4.69, 9.17) is 11.6 Å². The molecule has 1 heterocycles. The molecule has 0 spiro atoms. The van der Waals surface area contributed by atoms with E-state index in [0.29, 0.717) is 6.42 Å². The van der Waals surface area contributed by atoms with E-state index in [2.05, 4.69) is 0 Å². The maximum Gasteiger partial charge on any atom is 0.240 e. The molecule has 0 aromatic heterocycles. The summed E-state index contributed by atoms with van der Waals surface area (Å²) >= 11 is 5.95. The second-order valence-electron chi connectivity index (χ2n) is 5.71. The van der Waals surface area contributed by atoms with E-state index in [-0.39, 0.29) is 29.5 Å². The number of alkyl halides is 1. The number of rotatable bonds is 3. The van der Waals surface area contributed by atoms with Crippen LogP contribution in [0.3, 0.4) is 0 Å². The zero-order chi connectivity index (χ0) is 14.0. The van der Waals surface area contributed by atoms with Gasteiger partial charge in [-0.2, -0.15) is 0 Å². The van der Waals surface area contributed by atoms with Crippen molar-refractivity contribution in [1.29, 1.82) is 0 Å². The Labute approximate surface area is 120 Å². The molecule has 19 heavy (non-hydrogen) atoms. The first-order chi connectivity index (χ1) is 8.91. The molecule has 2 rings (SSSR count). The fourth-order valence-electron chi connectivity index (χ4n) is 3.22. The summed E-state index contributed by atoms with van der Waals surface area (Å²) in [5.41, 5.74) is 0. The molecular formula is C13H22ClNO3S. The third-order valence-corrected chi connectivity index (χ3v) is 6.10. The summed E-state index contributed by atoms with van der Waals surface area (Å²) in [7, 11) is -2.98. The van der Waals surface area contributed by atoms with Crippen LogP contribution in [-0.2, 0) is 14.6 Å². The molecule has 2 aliphatic rings. The van der Waals surface area contributed by atoms with Crippen LogP contribution in [0.5, 0.6) is 0 Å². The molecule has 0 aromatic carbocycles. The van der Waals surface area contributed by atoms with Gasteiger partial charge in [0.15, 0.2) is 9.84 Å². The van der Waals surface area contributed by atoms with Crippen molar-refractivity contribution in [2.24, 2.45) is 0 Å². The van der Waals surface area contributed by atoms with Crippen LogP contribution < -0.4 is 0 Å². The fraction of sp³-hybridized carbons (Fsp3) is 0.923. The van der Waals surface area contributed by atoms with E-state index >= 15 is 0 Å². The number of nitrogens with zero attached hydrogens (tertiary/aromatic N) is 1. The zero-order valence-electron chi connectivity index (χ0n) is 11.3. The second-order valence-corrected chi connectivity index (χ2v) is 8.59. The number of carbonyl (C=O) groups is 1. The van der Waals surface area contributed by atoms with Crippen LogP contribution in [0.15, 0.2) is 0 Å². The Morgan fingerprint density at radius 1 is 1.16 bits per heavy atom. The van der Waals surface area contributed by atoms with Gasteiger partial charge < -0.3 is 4.90 Å². The maximum atomic E-state index is 12.3. The minimum atomic E-state index is -2.98. The number of sulfone groups is 1. The Balaban J connectivity index is 2.16. The lowest BCUT2D eigenvalue weighted by Crippen LogP contribution is -2.50. The molecule has 1 saturated heterocycles. The molecule has 1 aliphatic carbocycles. The highest BCUT2D eigenvalue weighted by Gasteiger charge is 2.39.